The normalized spacial score (nSPS) is 16.2. The third-order valence-corrected chi connectivity index (χ3v) is 3.61. The van der Waals surface area contributed by atoms with E-state index in [-0.39, 0.29) is 23.0 Å². The van der Waals surface area contributed by atoms with Gasteiger partial charge < -0.3 is 0 Å². The van der Waals surface area contributed by atoms with Crippen molar-refractivity contribution in [1.82, 2.24) is 5.32 Å². The van der Waals surface area contributed by atoms with Gasteiger partial charge in [0.15, 0.2) is 11.4 Å². The van der Waals surface area contributed by atoms with E-state index < -0.39 is 15.1 Å². The quantitative estimate of drug-likeness (QED) is 0.281. The molecular weight excluding hydrogens is 309 g/mol. The Hall–Kier alpha value is -1.47. The Balaban J connectivity index is 3.12. The molecule has 0 saturated heterocycles. The first-order valence-corrected chi connectivity index (χ1v) is 7.76. The summed E-state index contributed by atoms with van der Waals surface area (Å²) in [5.74, 6) is 0. The lowest BCUT2D eigenvalue weighted by Gasteiger charge is -2.40. The molecule has 0 fully saturated rings. The van der Waals surface area contributed by atoms with Gasteiger partial charge in [-0.25, -0.2) is 4.99 Å². The molecule has 0 saturated carbocycles. The lowest BCUT2D eigenvalue weighted by atomic mass is 10.3. The van der Waals surface area contributed by atoms with Crippen LogP contribution in [-0.4, -0.2) is 11.4 Å². The number of nitrogens with one attached hydrogen (secondary N) is 1. The van der Waals surface area contributed by atoms with Crippen LogP contribution in [0.1, 0.15) is 0 Å². The fourth-order valence-corrected chi connectivity index (χ4v) is 2.06. The molecule has 0 aliphatic carbocycles. The fourth-order valence-electron chi connectivity index (χ4n) is 1.07. The van der Waals surface area contributed by atoms with Gasteiger partial charge >= 0.3 is 10.2 Å². The van der Waals surface area contributed by atoms with E-state index in [4.69, 9.17) is 5.26 Å². The molecule has 1 rings (SSSR count). The van der Waals surface area contributed by atoms with Crippen LogP contribution in [0.2, 0.25) is 0 Å². The van der Waals surface area contributed by atoms with Gasteiger partial charge in [0.2, 0.25) is 0 Å². The highest BCUT2D eigenvalue weighted by atomic mass is 32.5. The zero-order valence-electron chi connectivity index (χ0n) is 9.41. The largest absolute Gasteiger partial charge is 0.310 e. The van der Waals surface area contributed by atoms with Crippen molar-refractivity contribution in [1.29, 1.82) is 5.26 Å². The van der Waals surface area contributed by atoms with Crippen molar-refractivity contribution in [3.63, 3.8) is 0 Å². The predicted octanol–water partition coefficient (Wildman–Crippen LogP) is 4.77. The molecule has 0 heterocycles. The number of amidine groups is 1. The molecule has 3 nitrogen and oxygen atoms in total. The number of nitriles is 1. The summed E-state index contributed by atoms with van der Waals surface area (Å²) in [4.78, 5) is 1.81. The van der Waals surface area contributed by atoms with E-state index >= 15 is 0 Å². The molecule has 1 aromatic rings. The van der Waals surface area contributed by atoms with Gasteiger partial charge in [-0.3, -0.25) is 5.32 Å². The van der Waals surface area contributed by atoms with E-state index in [0.29, 0.717) is 0 Å². The molecule has 0 unspecified atom stereocenters. The average molecular weight is 317 g/mol. The molecule has 0 aliphatic rings. The van der Waals surface area contributed by atoms with Crippen molar-refractivity contribution < 1.29 is 19.4 Å². The molecule has 0 radical (unpaired) electrons. The van der Waals surface area contributed by atoms with Crippen LogP contribution < -0.4 is 5.32 Å². The number of rotatable bonds is 2. The molecule has 0 aromatic heterocycles. The van der Waals surface area contributed by atoms with Crippen LogP contribution in [0.25, 0.3) is 0 Å². The third-order valence-electron chi connectivity index (χ3n) is 1.87. The van der Waals surface area contributed by atoms with Crippen molar-refractivity contribution in [2.75, 3.05) is 6.26 Å². The van der Waals surface area contributed by atoms with Gasteiger partial charge in [0.25, 0.3) is 0 Å². The Morgan fingerprint density at radius 3 is 2.11 bits per heavy atom. The van der Waals surface area contributed by atoms with Crippen LogP contribution in [0.4, 0.5) is 25.1 Å². The van der Waals surface area contributed by atoms with Crippen molar-refractivity contribution in [2.45, 2.75) is 4.90 Å². The van der Waals surface area contributed by atoms with Gasteiger partial charge in [0.1, 0.15) is 4.90 Å². The highest BCUT2D eigenvalue weighted by Gasteiger charge is 2.65. The smallest absolute Gasteiger partial charge is 0.271 e. The zero-order chi connectivity index (χ0) is 14.8. The minimum Gasteiger partial charge on any atom is -0.271 e. The summed E-state index contributed by atoms with van der Waals surface area (Å²) in [5.41, 5.74) is 0.0256. The number of hydrogen-bond acceptors (Lipinski definition) is 3. The number of aliphatic imine (C=N–C) groups is 1. The number of nitrogens with zero attached hydrogens (tertiary/aromatic N) is 2. The third kappa shape index (κ3) is 4.60. The second kappa shape index (κ2) is 4.28. The van der Waals surface area contributed by atoms with E-state index in [2.05, 4.69) is 10.3 Å². The monoisotopic (exact) mass is 317 g/mol. The van der Waals surface area contributed by atoms with Crippen molar-refractivity contribution in [2.24, 2.45) is 4.99 Å². The Morgan fingerprint density at radius 1 is 1.21 bits per heavy atom. The Labute approximate surface area is 110 Å². The Kier molecular flexibility index (Phi) is 3.51. The molecular formula is C9H8F5N3S2. The first-order chi connectivity index (χ1) is 8.46. The van der Waals surface area contributed by atoms with Gasteiger partial charge in [-0.1, -0.05) is 31.2 Å². The summed E-state index contributed by atoms with van der Waals surface area (Å²) in [6.07, 6.45) is 3.18. The highest BCUT2D eigenvalue weighted by molar-refractivity contribution is 8.45. The summed E-state index contributed by atoms with van der Waals surface area (Å²) >= 11 is 1.05. The van der Waals surface area contributed by atoms with Gasteiger partial charge in [-0.15, -0.1) is 0 Å². The molecule has 0 atom stereocenters. The van der Waals surface area contributed by atoms with Crippen LogP contribution in [0.5, 0.6) is 0 Å². The highest BCUT2D eigenvalue weighted by Crippen LogP contribution is 3.02. The number of benzene rings is 1. The fraction of sp³-hybridized carbons (Fsp3) is 0.111. The van der Waals surface area contributed by atoms with E-state index in [1.807, 2.05) is 0 Å². The van der Waals surface area contributed by atoms with Gasteiger partial charge in [-0.05, 0) is 30.5 Å². The Morgan fingerprint density at radius 2 is 1.74 bits per heavy atom. The number of hydrogen-bond donors (Lipinski definition) is 1. The van der Waals surface area contributed by atoms with Crippen LogP contribution in [0, 0.1) is 11.5 Å². The summed E-state index contributed by atoms with van der Waals surface area (Å²) in [5, 5.41) is 10.7. The first kappa shape index (κ1) is 15.6. The molecule has 0 aliphatic heterocycles. The van der Waals surface area contributed by atoms with E-state index in [1.54, 1.807) is 12.4 Å². The molecule has 1 N–H and O–H groups in total. The maximum Gasteiger partial charge on any atom is 0.310 e. The maximum atomic E-state index is 12.4. The van der Waals surface area contributed by atoms with Crippen LogP contribution >= 0.6 is 22.0 Å². The van der Waals surface area contributed by atoms with E-state index in [0.717, 1.165) is 23.9 Å². The Bertz CT molecular complexity index is 544. The summed E-state index contributed by atoms with van der Waals surface area (Å²) < 4.78 is 62.2. The van der Waals surface area contributed by atoms with Gasteiger partial charge in [0.05, 0.1) is 5.69 Å². The molecule has 1 aromatic carbocycles. The second-order valence-electron chi connectivity index (χ2n) is 3.32. The van der Waals surface area contributed by atoms with Crippen LogP contribution in [0.3, 0.4) is 0 Å². The summed E-state index contributed by atoms with van der Waals surface area (Å²) in [6.45, 7) is 0. The maximum absolute atomic E-state index is 12.4. The summed E-state index contributed by atoms with van der Waals surface area (Å²) in [7, 11) is -9.64. The molecule has 0 spiro atoms. The minimum atomic E-state index is -9.64. The molecule has 0 amide bonds. The molecule has 19 heavy (non-hydrogen) atoms. The standard InChI is InChI=1S/C9H8F5N3S2/c1-18-9(16-6-15)17-7-2-4-8(5-3-7)19(10,11,12,13)14/h2-5H,1H3,(H,16,17). The predicted molar refractivity (Wildman–Crippen MR) is 67.2 cm³/mol. The number of halogens is 5. The molecule has 10 heteroatoms. The lowest BCUT2D eigenvalue weighted by Crippen LogP contribution is -2.12. The van der Waals surface area contributed by atoms with Crippen LogP contribution in [0.15, 0.2) is 34.2 Å². The van der Waals surface area contributed by atoms with Crippen molar-refractivity contribution >= 4 is 32.8 Å². The van der Waals surface area contributed by atoms with Gasteiger partial charge in [-0.2, -0.15) is 5.26 Å². The number of thioether (sulfide) groups is 1. The summed E-state index contributed by atoms with van der Waals surface area (Å²) in [6, 6.07) is 2.15. The van der Waals surface area contributed by atoms with Crippen molar-refractivity contribution in [3.05, 3.63) is 24.3 Å². The SMILES string of the molecule is CSC(=Nc1ccc(S(F)(F)(F)(F)F)cc1)NC#N. The van der Waals surface area contributed by atoms with Crippen LogP contribution in [-0.2, 0) is 0 Å². The van der Waals surface area contributed by atoms with Crippen molar-refractivity contribution in [3.8, 4) is 6.19 Å². The topological polar surface area (TPSA) is 48.2 Å². The molecule has 0 bridgehead atoms. The average Bonchev–Trinajstić information content (AvgIpc) is 2.26. The first-order valence-electron chi connectivity index (χ1n) is 4.58. The zero-order valence-corrected chi connectivity index (χ0v) is 11.0. The lowest BCUT2D eigenvalue weighted by molar-refractivity contribution is 0.364. The molecule has 106 valence electrons. The van der Waals surface area contributed by atoms with Gasteiger partial charge in [0, 0.05) is 0 Å². The van der Waals surface area contributed by atoms with E-state index in [9.17, 15) is 19.4 Å². The van der Waals surface area contributed by atoms with E-state index in [1.165, 1.54) is 0 Å². The minimum absolute atomic E-state index is 0.0256. The second-order valence-corrected chi connectivity index (χ2v) is 6.53.